The number of carbonyl (C=O) groups is 3. The lowest BCUT2D eigenvalue weighted by Gasteiger charge is -2.34. The molecule has 0 atom stereocenters. The lowest BCUT2D eigenvalue weighted by atomic mass is 9.81. The van der Waals surface area contributed by atoms with Crippen molar-refractivity contribution < 1.29 is 24.0 Å². The number of ether oxygens (including phenoxy) is 1. The van der Waals surface area contributed by atoms with E-state index < -0.39 is 6.09 Å². The van der Waals surface area contributed by atoms with Crippen molar-refractivity contribution in [1.29, 1.82) is 0 Å². The normalized spacial score (nSPS) is 19.0. The first kappa shape index (κ1) is 22.8. The van der Waals surface area contributed by atoms with Crippen molar-refractivity contribution in [1.82, 2.24) is 24.7 Å². The van der Waals surface area contributed by atoms with Gasteiger partial charge in [0.25, 0.3) is 0 Å². The minimum atomic E-state index is -0.445. The summed E-state index contributed by atoms with van der Waals surface area (Å²) in [5, 5.41) is 4.03. The van der Waals surface area contributed by atoms with Gasteiger partial charge in [-0.15, -0.1) is 9.94 Å². The number of rotatable bonds is 6. The van der Waals surface area contributed by atoms with E-state index in [0.717, 1.165) is 5.56 Å². The van der Waals surface area contributed by atoms with E-state index in [1.807, 2.05) is 13.8 Å². The SMILES string of the molecule is CC1(C)CC(=O)N(CCc2ccc(OC(=O)N3CCC(On4cccn4)CC3)nc2)C(=O)C1. The van der Waals surface area contributed by atoms with Crippen molar-refractivity contribution in [3.63, 3.8) is 0 Å². The average Bonchev–Trinajstić information content (AvgIpc) is 3.27. The van der Waals surface area contributed by atoms with E-state index in [1.165, 1.54) is 9.75 Å². The van der Waals surface area contributed by atoms with Gasteiger partial charge in [0.2, 0.25) is 17.7 Å². The van der Waals surface area contributed by atoms with Gasteiger partial charge in [-0.1, -0.05) is 19.9 Å². The molecule has 33 heavy (non-hydrogen) atoms. The molecule has 2 saturated heterocycles. The Balaban J connectivity index is 1.22. The Morgan fingerprint density at radius 1 is 1.15 bits per heavy atom. The van der Waals surface area contributed by atoms with E-state index in [2.05, 4.69) is 10.1 Å². The monoisotopic (exact) mass is 455 g/mol. The van der Waals surface area contributed by atoms with Crippen LogP contribution in [0.1, 0.15) is 45.1 Å². The molecule has 2 aliphatic heterocycles. The quantitative estimate of drug-likeness (QED) is 0.614. The number of imide groups is 1. The van der Waals surface area contributed by atoms with Crippen LogP contribution >= 0.6 is 0 Å². The standard InChI is InChI=1S/C23H29N5O5/c1-23(2)14-20(29)27(21(30)15-23)13-6-17-4-5-19(24-16-17)32-22(31)26-11-7-18(8-12-26)33-28-10-3-9-25-28/h3-5,9-10,16,18H,6-8,11-15H2,1-2H3. The van der Waals surface area contributed by atoms with Crippen molar-refractivity contribution in [2.45, 2.75) is 52.1 Å². The van der Waals surface area contributed by atoms with Gasteiger partial charge in [-0.3, -0.25) is 14.5 Å². The number of hydrogen-bond acceptors (Lipinski definition) is 7. The van der Waals surface area contributed by atoms with Gasteiger partial charge in [-0.25, -0.2) is 9.78 Å². The van der Waals surface area contributed by atoms with Gasteiger partial charge < -0.3 is 14.5 Å². The second-order valence-electron chi connectivity index (χ2n) is 9.28. The van der Waals surface area contributed by atoms with E-state index in [1.54, 1.807) is 41.7 Å². The van der Waals surface area contributed by atoms with Gasteiger partial charge in [0, 0.05) is 57.6 Å². The zero-order valence-corrected chi connectivity index (χ0v) is 19.0. The van der Waals surface area contributed by atoms with Crippen LogP contribution in [0.5, 0.6) is 5.88 Å². The first-order chi connectivity index (χ1) is 15.8. The summed E-state index contributed by atoms with van der Waals surface area (Å²) >= 11 is 0. The van der Waals surface area contributed by atoms with Crippen LogP contribution in [0.4, 0.5) is 4.79 Å². The maximum absolute atomic E-state index is 12.5. The summed E-state index contributed by atoms with van der Waals surface area (Å²) in [4.78, 5) is 51.3. The molecular weight excluding hydrogens is 426 g/mol. The van der Waals surface area contributed by atoms with E-state index in [-0.39, 0.29) is 29.2 Å². The Morgan fingerprint density at radius 3 is 2.48 bits per heavy atom. The number of hydrogen-bond donors (Lipinski definition) is 0. The van der Waals surface area contributed by atoms with E-state index in [9.17, 15) is 14.4 Å². The Bertz CT molecular complexity index is 961. The maximum Gasteiger partial charge on any atom is 0.416 e. The molecular formula is C23H29N5O5. The predicted molar refractivity (Wildman–Crippen MR) is 117 cm³/mol. The fraction of sp³-hybridized carbons (Fsp3) is 0.522. The summed E-state index contributed by atoms with van der Waals surface area (Å²) in [5.41, 5.74) is 0.580. The second kappa shape index (κ2) is 9.60. The largest absolute Gasteiger partial charge is 0.416 e. The zero-order chi connectivity index (χ0) is 23.4. The predicted octanol–water partition coefficient (Wildman–Crippen LogP) is 2.09. The summed E-state index contributed by atoms with van der Waals surface area (Å²) < 4.78 is 5.40. The van der Waals surface area contributed by atoms with Crippen molar-refractivity contribution >= 4 is 17.9 Å². The molecule has 2 fully saturated rings. The molecule has 0 bridgehead atoms. The maximum atomic E-state index is 12.5. The van der Waals surface area contributed by atoms with Gasteiger partial charge in [0.15, 0.2) is 0 Å². The van der Waals surface area contributed by atoms with Gasteiger partial charge in [-0.05, 0) is 23.5 Å². The molecule has 176 valence electrons. The minimum Gasteiger partial charge on any atom is -0.393 e. The lowest BCUT2D eigenvalue weighted by Crippen LogP contribution is -2.46. The van der Waals surface area contributed by atoms with Crippen LogP contribution in [0.25, 0.3) is 0 Å². The Kier molecular flexibility index (Phi) is 6.62. The number of amides is 3. The third-order valence-electron chi connectivity index (χ3n) is 5.91. The van der Waals surface area contributed by atoms with Crippen molar-refractivity contribution in [3.8, 4) is 5.88 Å². The summed E-state index contributed by atoms with van der Waals surface area (Å²) in [7, 11) is 0. The molecule has 2 aromatic heterocycles. The highest BCUT2D eigenvalue weighted by molar-refractivity contribution is 5.98. The van der Waals surface area contributed by atoms with Crippen LogP contribution < -0.4 is 9.57 Å². The molecule has 0 radical (unpaired) electrons. The Labute approximate surface area is 192 Å². The highest BCUT2D eigenvalue weighted by atomic mass is 16.7. The molecule has 0 N–H and O–H groups in total. The molecule has 10 heteroatoms. The zero-order valence-electron chi connectivity index (χ0n) is 19.0. The summed E-state index contributed by atoms with van der Waals surface area (Å²) in [6, 6.07) is 5.21. The van der Waals surface area contributed by atoms with Gasteiger partial charge in [0.1, 0.15) is 6.10 Å². The molecule has 0 aliphatic carbocycles. The van der Waals surface area contributed by atoms with Crippen molar-refractivity contribution in [3.05, 3.63) is 42.4 Å². The minimum absolute atomic E-state index is 0.00361. The van der Waals surface area contributed by atoms with Crippen LogP contribution in [-0.4, -0.2) is 68.4 Å². The third-order valence-corrected chi connectivity index (χ3v) is 5.91. The third kappa shape index (κ3) is 5.88. The van der Waals surface area contributed by atoms with E-state index in [4.69, 9.17) is 9.57 Å². The van der Waals surface area contributed by atoms with Gasteiger partial charge in [-0.2, -0.15) is 0 Å². The summed E-state index contributed by atoms with van der Waals surface area (Å²) in [6.45, 7) is 5.24. The van der Waals surface area contributed by atoms with E-state index in [0.29, 0.717) is 51.7 Å². The highest BCUT2D eigenvalue weighted by Crippen LogP contribution is 2.31. The fourth-order valence-electron chi connectivity index (χ4n) is 4.09. The van der Waals surface area contributed by atoms with Crippen molar-refractivity contribution in [2.24, 2.45) is 5.41 Å². The molecule has 0 saturated carbocycles. The summed E-state index contributed by atoms with van der Waals surface area (Å²) in [5.74, 6) is -0.0485. The molecule has 2 aromatic rings. The van der Waals surface area contributed by atoms with Crippen LogP contribution in [0.15, 0.2) is 36.8 Å². The average molecular weight is 456 g/mol. The van der Waals surface area contributed by atoms with Crippen LogP contribution in [-0.2, 0) is 16.0 Å². The molecule has 3 amide bonds. The number of nitrogens with zero attached hydrogens (tertiary/aromatic N) is 5. The molecule has 4 heterocycles. The number of aromatic nitrogens is 3. The van der Waals surface area contributed by atoms with Crippen LogP contribution in [0, 0.1) is 5.41 Å². The first-order valence-electron chi connectivity index (χ1n) is 11.2. The van der Waals surface area contributed by atoms with Crippen molar-refractivity contribution in [2.75, 3.05) is 19.6 Å². The van der Waals surface area contributed by atoms with Gasteiger partial charge in [0.05, 0.1) is 12.4 Å². The second-order valence-corrected chi connectivity index (χ2v) is 9.28. The number of piperidine rings is 2. The highest BCUT2D eigenvalue weighted by Gasteiger charge is 2.37. The lowest BCUT2D eigenvalue weighted by molar-refractivity contribution is -0.152. The fourth-order valence-corrected chi connectivity index (χ4v) is 4.09. The molecule has 0 unspecified atom stereocenters. The number of pyridine rings is 1. The van der Waals surface area contributed by atoms with Gasteiger partial charge >= 0.3 is 6.09 Å². The van der Waals surface area contributed by atoms with E-state index >= 15 is 0 Å². The smallest absolute Gasteiger partial charge is 0.393 e. The number of likely N-dealkylation sites (tertiary alicyclic amines) is 2. The number of carbonyl (C=O) groups excluding carboxylic acids is 3. The molecule has 0 spiro atoms. The van der Waals surface area contributed by atoms with Crippen LogP contribution in [0.3, 0.4) is 0 Å². The molecule has 10 nitrogen and oxygen atoms in total. The summed E-state index contributed by atoms with van der Waals surface area (Å²) in [6.07, 6.45) is 7.17. The van der Waals surface area contributed by atoms with Crippen LogP contribution in [0.2, 0.25) is 0 Å². The Morgan fingerprint density at radius 2 is 1.88 bits per heavy atom. The first-order valence-corrected chi connectivity index (χ1v) is 11.2. The molecule has 2 aliphatic rings. The topological polar surface area (TPSA) is 107 Å². The Hall–Kier alpha value is -3.43. The molecule has 4 rings (SSSR count). The molecule has 0 aromatic carbocycles.